The first kappa shape index (κ1) is 17.5. The first-order valence-corrected chi connectivity index (χ1v) is 15.6. The molecule has 1 unspecified atom stereocenters. The Bertz CT molecular complexity index is 819. The van der Waals surface area contributed by atoms with E-state index >= 15 is 0 Å². The maximum absolute atomic E-state index is 6.44. The van der Waals surface area contributed by atoms with Crippen LogP contribution in [0, 0.1) is 27.7 Å². The molecule has 2 aromatic rings. The zero-order valence-electron chi connectivity index (χ0n) is 14.2. The van der Waals surface area contributed by atoms with Gasteiger partial charge in [0.25, 0.3) is 0 Å². The van der Waals surface area contributed by atoms with Gasteiger partial charge in [0, 0.05) is 0 Å². The third-order valence-electron chi connectivity index (χ3n) is 5.17. The van der Waals surface area contributed by atoms with Crippen molar-refractivity contribution in [2.24, 2.45) is 0 Å². The summed E-state index contributed by atoms with van der Waals surface area (Å²) in [5.74, 6) is 0. The van der Waals surface area contributed by atoms with Crippen LogP contribution in [0.15, 0.2) is 29.8 Å². The molecule has 0 spiro atoms. The van der Waals surface area contributed by atoms with E-state index in [2.05, 4.69) is 65.0 Å². The summed E-state index contributed by atoms with van der Waals surface area (Å²) < 4.78 is 0.293. The second-order valence-corrected chi connectivity index (χ2v) is 15.4. The standard InChI is InChI=1S/C20H21.2ClH.Zr/c1-12-10-17-8-6-14(3)20(19(17)11-12)18-9-7-13(2)15(4)16(18)5;;;/h6-11H,1-5H3;2*1H;/q;;;+2/p-2. The molecular weight excluding hydrogens is 402 g/mol. The summed E-state index contributed by atoms with van der Waals surface area (Å²) in [5.41, 5.74) is 12.1. The van der Waals surface area contributed by atoms with Gasteiger partial charge < -0.3 is 0 Å². The molecule has 0 aromatic heterocycles. The quantitative estimate of drug-likeness (QED) is 0.489. The molecule has 0 saturated heterocycles. The fourth-order valence-corrected chi connectivity index (χ4v) is 9.26. The van der Waals surface area contributed by atoms with Gasteiger partial charge in [-0.1, -0.05) is 0 Å². The van der Waals surface area contributed by atoms with Crippen molar-refractivity contribution in [2.75, 3.05) is 0 Å². The van der Waals surface area contributed by atoms with Crippen molar-refractivity contribution in [2.45, 2.75) is 38.2 Å². The fourth-order valence-electron chi connectivity index (χ4n) is 3.58. The summed E-state index contributed by atoms with van der Waals surface area (Å²) in [7, 11) is 12.9. The Morgan fingerprint density at radius 3 is 2.13 bits per heavy atom. The molecule has 119 valence electrons. The van der Waals surface area contributed by atoms with Crippen LogP contribution >= 0.6 is 17.0 Å². The monoisotopic (exact) mass is 421 g/mol. The predicted octanol–water partition coefficient (Wildman–Crippen LogP) is 6.97. The Labute approximate surface area is 154 Å². The van der Waals surface area contributed by atoms with E-state index < -0.39 is 19.4 Å². The molecule has 0 amide bonds. The van der Waals surface area contributed by atoms with Gasteiger partial charge in [-0.15, -0.1) is 0 Å². The Morgan fingerprint density at radius 1 is 0.826 bits per heavy atom. The summed E-state index contributed by atoms with van der Waals surface area (Å²) in [4.78, 5) is 0. The molecule has 1 atom stereocenters. The molecule has 2 aromatic carbocycles. The van der Waals surface area contributed by atoms with Crippen LogP contribution in [-0.4, -0.2) is 0 Å². The Hall–Kier alpha value is -0.357. The first-order valence-electron chi connectivity index (χ1n) is 7.89. The predicted molar refractivity (Wildman–Crippen MR) is 98.9 cm³/mol. The third-order valence-corrected chi connectivity index (χ3v) is 10.7. The van der Waals surface area contributed by atoms with Crippen LogP contribution in [0.2, 0.25) is 0 Å². The number of allylic oxidation sites excluding steroid dienone is 1. The van der Waals surface area contributed by atoms with Crippen molar-refractivity contribution in [3.05, 3.63) is 63.2 Å². The second-order valence-electron chi connectivity index (χ2n) is 6.55. The zero-order chi connectivity index (χ0) is 16.9. The van der Waals surface area contributed by atoms with E-state index in [0.29, 0.717) is 3.63 Å². The van der Waals surface area contributed by atoms with Crippen molar-refractivity contribution in [3.8, 4) is 11.1 Å². The van der Waals surface area contributed by atoms with Gasteiger partial charge >= 0.3 is 155 Å². The van der Waals surface area contributed by atoms with Gasteiger partial charge in [0.15, 0.2) is 0 Å². The third kappa shape index (κ3) is 2.90. The second kappa shape index (κ2) is 6.51. The molecule has 1 aliphatic rings. The van der Waals surface area contributed by atoms with Crippen molar-refractivity contribution >= 4 is 23.1 Å². The van der Waals surface area contributed by atoms with Crippen LogP contribution in [0.5, 0.6) is 0 Å². The Kier molecular flexibility index (Phi) is 4.94. The summed E-state index contributed by atoms with van der Waals surface area (Å²) >= 11 is -2.38. The van der Waals surface area contributed by atoms with Gasteiger partial charge in [-0.2, -0.15) is 0 Å². The van der Waals surface area contributed by atoms with Crippen LogP contribution in [0.4, 0.5) is 0 Å². The van der Waals surface area contributed by atoms with Gasteiger partial charge in [0.05, 0.1) is 0 Å². The van der Waals surface area contributed by atoms with E-state index in [1.165, 1.54) is 50.1 Å². The van der Waals surface area contributed by atoms with Gasteiger partial charge in [0.2, 0.25) is 0 Å². The SMILES string of the molecule is CC1=Cc2c(ccc(C)c2-c2ccc(C)c(C)c2C)[CH]1[Zr]([Cl])[Cl]. The minimum atomic E-state index is -2.38. The number of hydrogen-bond acceptors (Lipinski definition) is 0. The summed E-state index contributed by atoms with van der Waals surface area (Å²) in [5, 5.41) is 0. The number of rotatable bonds is 2. The molecule has 0 aliphatic heterocycles. The van der Waals surface area contributed by atoms with E-state index in [4.69, 9.17) is 17.0 Å². The van der Waals surface area contributed by atoms with Gasteiger partial charge in [-0.3, -0.25) is 0 Å². The number of aryl methyl sites for hydroxylation is 2. The molecule has 0 radical (unpaired) electrons. The first-order chi connectivity index (χ1) is 10.8. The van der Waals surface area contributed by atoms with Crippen molar-refractivity contribution in [1.82, 2.24) is 0 Å². The Morgan fingerprint density at radius 2 is 1.48 bits per heavy atom. The van der Waals surface area contributed by atoms with E-state index in [1.807, 2.05) is 0 Å². The fraction of sp³-hybridized carbons (Fsp3) is 0.300. The molecular formula is C20H21Cl2Zr. The van der Waals surface area contributed by atoms with Gasteiger partial charge in [0.1, 0.15) is 0 Å². The van der Waals surface area contributed by atoms with Crippen molar-refractivity contribution in [3.63, 3.8) is 0 Å². The van der Waals surface area contributed by atoms with E-state index in [1.54, 1.807) is 0 Å². The molecule has 0 heterocycles. The van der Waals surface area contributed by atoms with Crippen LogP contribution < -0.4 is 0 Å². The van der Waals surface area contributed by atoms with E-state index in [9.17, 15) is 0 Å². The Balaban J connectivity index is 2.30. The van der Waals surface area contributed by atoms with Gasteiger partial charge in [-0.25, -0.2) is 0 Å². The maximum atomic E-state index is 6.44. The zero-order valence-corrected chi connectivity index (χ0v) is 18.2. The van der Waals surface area contributed by atoms with Crippen molar-refractivity contribution in [1.29, 1.82) is 0 Å². The molecule has 23 heavy (non-hydrogen) atoms. The summed E-state index contributed by atoms with van der Waals surface area (Å²) in [6, 6.07) is 8.94. The number of hydrogen-bond donors (Lipinski definition) is 0. The average molecular weight is 424 g/mol. The molecule has 0 saturated carbocycles. The number of halogens is 2. The van der Waals surface area contributed by atoms with Gasteiger partial charge in [-0.05, 0) is 0 Å². The van der Waals surface area contributed by atoms with E-state index in [-0.39, 0.29) is 0 Å². The van der Waals surface area contributed by atoms with Crippen LogP contribution in [0.3, 0.4) is 0 Å². The van der Waals surface area contributed by atoms with Crippen LogP contribution in [0.25, 0.3) is 17.2 Å². The topological polar surface area (TPSA) is 0 Å². The average Bonchev–Trinajstić information content (AvgIpc) is 2.82. The summed E-state index contributed by atoms with van der Waals surface area (Å²) in [6.45, 7) is 11.0. The van der Waals surface area contributed by atoms with Crippen LogP contribution in [0.1, 0.15) is 43.9 Å². The molecule has 0 bridgehead atoms. The number of fused-ring (bicyclic) bond motifs is 1. The number of benzene rings is 2. The normalized spacial score (nSPS) is 16.3. The van der Waals surface area contributed by atoms with E-state index in [0.717, 1.165) is 0 Å². The molecule has 3 rings (SSSR count). The van der Waals surface area contributed by atoms with Crippen LogP contribution in [-0.2, 0) is 19.4 Å². The van der Waals surface area contributed by atoms with Crippen molar-refractivity contribution < 1.29 is 19.4 Å². The molecule has 0 nitrogen and oxygen atoms in total. The molecule has 0 fully saturated rings. The molecule has 3 heteroatoms. The molecule has 0 N–H and O–H groups in total. The minimum absolute atomic E-state index is 0.293. The molecule has 1 aliphatic carbocycles. The summed E-state index contributed by atoms with van der Waals surface area (Å²) in [6.07, 6.45) is 2.31.